The van der Waals surface area contributed by atoms with Crippen molar-refractivity contribution in [3.8, 4) is 5.75 Å². The number of piperidine rings is 1. The molecule has 160 valence electrons. The Labute approximate surface area is 171 Å². The van der Waals surface area contributed by atoms with Crippen molar-refractivity contribution < 1.29 is 27.5 Å². The molecule has 1 fully saturated rings. The van der Waals surface area contributed by atoms with Gasteiger partial charge in [-0.1, -0.05) is 0 Å². The predicted molar refractivity (Wildman–Crippen MR) is 107 cm³/mol. The van der Waals surface area contributed by atoms with Crippen LogP contribution in [0, 0.1) is 0 Å². The van der Waals surface area contributed by atoms with E-state index in [-0.39, 0.29) is 5.69 Å². The van der Waals surface area contributed by atoms with Crippen molar-refractivity contribution in [3.05, 3.63) is 53.6 Å². The summed E-state index contributed by atoms with van der Waals surface area (Å²) in [5.74, 6) is -0.851. The monoisotopic (exact) mass is 421 g/mol. The summed E-state index contributed by atoms with van der Waals surface area (Å²) in [7, 11) is 0. The number of nitrogens with two attached hydrogens (primary N) is 1. The summed E-state index contributed by atoms with van der Waals surface area (Å²) in [6.07, 6.45) is -1.56. The molecule has 0 radical (unpaired) electrons. The molecule has 1 aliphatic heterocycles. The Kier molecular flexibility index (Phi) is 6.49. The summed E-state index contributed by atoms with van der Waals surface area (Å²) < 4.78 is 44.8. The molecule has 1 aliphatic rings. The van der Waals surface area contributed by atoms with E-state index in [1.54, 1.807) is 0 Å². The van der Waals surface area contributed by atoms with E-state index in [2.05, 4.69) is 5.32 Å². The molecule has 2 amide bonds. The lowest BCUT2D eigenvalue weighted by molar-refractivity contribution is -0.137. The van der Waals surface area contributed by atoms with E-state index in [1.165, 1.54) is 30.3 Å². The number of hydrogen-bond donors (Lipinski definition) is 2. The number of anilines is 2. The molecule has 3 rings (SSSR count). The van der Waals surface area contributed by atoms with Crippen LogP contribution in [-0.2, 0) is 11.0 Å². The zero-order chi connectivity index (χ0) is 21.7. The van der Waals surface area contributed by atoms with Crippen molar-refractivity contribution in [2.75, 3.05) is 29.9 Å². The summed E-state index contributed by atoms with van der Waals surface area (Å²) >= 11 is 0. The summed E-state index contributed by atoms with van der Waals surface area (Å²) in [6.45, 7) is 1.04. The molecule has 0 bridgehead atoms. The lowest BCUT2D eigenvalue weighted by Crippen LogP contribution is -2.31. The van der Waals surface area contributed by atoms with Crippen LogP contribution in [0.15, 0.2) is 42.5 Å². The standard InChI is InChI=1S/C21H22F3N3O3/c22-21(23,24)15-6-9-18(27-10-2-1-3-11-27)17(12-15)26-19(28)13-30-16-7-4-14(5-8-16)20(25)29/h4-9,12H,1-3,10-11,13H2,(H2,25,29)(H,26,28). The quantitative estimate of drug-likeness (QED) is 0.743. The molecule has 2 aromatic rings. The van der Waals surface area contributed by atoms with E-state index >= 15 is 0 Å². The van der Waals surface area contributed by atoms with Gasteiger partial charge in [-0.05, 0) is 61.7 Å². The molecule has 0 atom stereocenters. The molecule has 6 nitrogen and oxygen atoms in total. The number of alkyl halides is 3. The van der Waals surface area contributed by atoms with E-state index in [0.717, 1.165) is 44.5 Å². The van der Waals surface area contributed by atoms with Crippen LogP contribution in [0.25, 0.3) is 0 Å². The van der Waals surface area contributed by atoms with Crippen LogP contribution < -0.4 is 20.7 Å². The van der Waals surface area contributed by atoms with Crippen LogP contribution in [0.5, 0.6) is 5.75 Å². The van der Waals surface area contributed by atoms with Crippen LogP contribution in [0.2, 0.25) is 0 Å². The normalized spacial score (nSPS) is 14.3. The summed E-state index contributed by atoms with van der Waals surface area (Å²) in [4.78, 5) is 25.4. The number of nitrogens with one attached hydrogen (secondary N) is 1. The number of carbonyl (C=O) groups is 2. The summed E-state index contributed by atoms with van der Waals surface area (Å²) in [5, 5.41) is 2.54. The Morgan fingerprint density at radius 1 is 1.03 bits per heavy atom. The third kappa shape index (κ3) is 5.43. The zero-order valence-corrected chi connectivity index (χ0v) is 16.2. The zero-order valence-electron chi connectivity index (χ0n) is 16.2. The van der Waals surface area contributed by atoms with Gasteiger partial charge < -0.3 is 20.7 Å². The van der Waals surface area contributed by atoms with E-state index in [1.807, 2.05) is 4.90 Å². The van der Waals surface area contributed by atoms with E-state index in [4.69, 9.17) is 10.5 Å². The SMILES string of the molecule is NC(=O)c1ccc(OCC(=O)Nc2cc(C(F)(F)F)ccc2N2CCCCC2)cc1. The van der Waals surface area contributed by atoms with Crippen molar-refractivity contribution in [2.45, 2.75) is 25.4 Å². The second-order valence-electron chi connectivity index (χ2n) is 7.00. The number of halogens is 3. The number of hydrogen-bond acceptors (Lipinski definition) is 4. The van der Waals surface area contributed by atoms with Gasteiger partial charge in [0.2, 0.25) is 5.91 Å². The van der Waals surface area contributed by atoms with Gasteiger partial charge in [0.05, 0.1) is 16.9 Å². The van der Waals surface area contributed by atoms with E-state index in [0.29, 0.717) is 17.0 Å². The number of primary amides is 1. The lowest BCUT2D eigenvalue weighted by atomic mass is 10.1. The number of carbonyl (C=O) groups excluding carboxylic acids is 2. The number of nitrogens with zero attached hydrogens (tertiary/aromatic N) is 1. The van der Waals surface area contributed by atoms with Crippen molar-refractivity contribution >= 4 is 23.2 Å². The van der Waals surface area contributed by atoms with Gasteiger partial charge in [0, 0.05) is 18.7 Å². The smallest absolute Gasteiger partial charge is 0.416 e. The summed E-state index contributed by atoms with van der Waals surface area (Å²) in [6, 6.07) is 9.24. The number of benzene rings is 2. The maximum Gasteiger partial charge on any atom is 0.416 e. The molecule has 0 spiro atoms. The van der Waals surface area contributed by atoms with Gasteiger partial charge in [-0.2, -0.15) is 13.2 Å². The molecule has 1 heterocycles. The van der Waals surface area contributed by atoms with Crippen molar-refractivity contribution in [1.82, 2.24) is 0 Å². The van der Waals surface area contributed by atoms with Crippen LogP contribution in [0.4, 0.5) is 24.5 Å². The van der Waals surface area contributed by atoms with Gasteiger partial charge in [-0.25, -0.2) is 0 Å². The Balaban J connectivity index is 1.72. The molecule has 3 N–H and O–H groups in total. The first-order valence-corrected chi connectivity index (χ1v) is 9.53. The first-order valence-electron chi connectivity index (χ1n) is 9.53. The molecule has 1 saturated heterocycles. The lowest BCUT2D eigenvalue weighted by Gasteiger charge is -2.31. The fourth-order valence-corrected chi connectivity index (χ4v) is 3.27. The first kappa shape index (κ1) is 21.5. The summed E-state index contributed by atoms with van der Waals surface area (Å²) in [5.41, 5.74) is 5.28. The minimum atomic E-state index is -4.52. The molecule has 0 aliphatic carbocycles. The first-order chi connectivity index (χ1) is 14.2. The number of amides is 2. The molecular formula is C21H22F3N3O3. The number of rotatable bonds is 6. The third-order valence-electron chi connectivity index (χ3n) is 4.80. The van der Waals surface area contributed by atoms with Gasteiger partial charge in [0.1, 0.15) is 5.75 Å². The minimum Gasteiger partial charge on any atom is -0.484 e. The minimum absolute atomic E-state index is 0.101. The molecule has 30 heavy (non-hydrogen) atoms. The maximum absolute atomic E-state index is 13.2. The van der Waals surface area contributed by atoms with E-state index in [9.17, 15) is 22.8 Å². The number of ether oxygens (including phenoxy) is 1. The van der Waals surface area contributed by atoms with Crippen molar-refractivity contribution in [2.24, 2.45) is 5.73 Å². The predicted octanol–water partition coefficient (Wildman–Crippen LogP) is 3.81. The molecular weight excluding hydrogens is 399 g/mol. The van der Waals surface area contributed by atoms with E-state index < -0.39 is 30.2 Å². The topological polar surface area (TPSA) is 84.7 Å². The Morgan fingerprint density at radius 2 is 1.70 bits per heavy atom. The van der Waals surface area contributed by atoms with Gasteiger partial charge in [-0.15, -0.1) is 0 Å². The Hall–Kier alpha value is -3.23. The van der Waals surface area contributed by atoms with Crippen LogP contribution in [-0.4, -0.2) is 31.5 Å². The van der Waals surface area contributed by atoms with Gasteiger partial charge in [0.15, 0.2) is 6.61 Å². The molecule has 9 heteroatoms. The van der Waals surface area contributed by atoms with Crippen LogP contribution >= 0.6 is 0 Å². The second kappa shape index (κ2) is 9.06. The van der Waals surface area contributed by atoms with Crippen molar-refractivity contribution in [3.63, 3.8) is 0 Å². The van der Waals surface area contributed by atoms with Gasteiger partial charge in [0.25, 0.3) is 5.91 Å². The maximum atomic E-state index is 13.2. The second-order valence-corrected chi connectivity index (χ2v) is 7.00. The highest BCUT2D eigenvalue weighted by molar-refractivity contribution is 5.95. The highest BCUT2D eigenvalue weighted by Crippen LogP contribution is 2.36. The fourth-order valence-electron chi connectivity index (χ4n) is 3.27. The van der Waals surface area contributed by atoms with Crippen LogP contribution in [0.1, 0.15) is 35.2 Å². The van der Waals surface area contributed by atoms with Crippen LogP contribution in [0.3, 0.4) is 0 Å². The average molecular weight is 421 g/mol. The fraction of sp³-hybridized carbons (Fsp3) is 0.333. The largest absolute Gasteiger partial charge is 0.484 e. The highest BCUT2D eigenvalue weighted by atomic mass is 19.4. The molecule has 0 unspecified atom stereocenters. The Bertz CT molecular complexity index is 908. The molecule has 0 saturated carbocycles. The molecule has 0 aromatic heterocycles. The molecule has 2 aromatic carbocycles. The van der Waals surface area contributed by atoms with Crippen molar-refractivity contribution in [1.29, 1.82) is 0 Å². The third-order valence-corrected chi connectivity index (χ3v) is 4.80. The van der Waals surface area contributed by atoms with Gasteiger partial charge >= 0.3 is 6.18 Å². The highest BCUT2D eigenvalue weighted by Gasteiger charge is 2.31. The Morgan fingerprint density at radius 3 is 2.30 bits per heavy atom. The average Bonchev–Trinajstić information content (AvgIpc) is 2.72. The van der Waals surface area contributed by atoms with Gasteiger partial charge in [-0.3, -0.25) is 9.59 Å².